The lowest BCUT2D eigenvalue weighted by Crippen LogP contribution is -2.16. The highest BCUT2D eigenvalue weighted by molar-refractivity contribution is 6.03. The molecule has 0 bridgehead atoms. The van der Waals surface area contributed by atoms with E-state index in [4.69, 9.17) is 9.47 Å². The number of ether oxygens (including phenoxy) is 2. The first-order valence-electron chi connectivity index (χ1n) is 6.31. The summed E-state index contributed by atoms with van der Waals surface area (Å²) < 4.78 is 12.0. The molecule has 0 atom stereocenters. The molecule has 1 aliphatic heterocycles. The van der Waals surface area contributed by atoms with Gasteiger partial charge < -0.3 is 14.8 Å². The van der Waals surface area contributed by atoms with Crippen LogP contribution in [-0.2, 0) is 0 Å². The number of benzene rings is 1. The molecule has 0 saturated heterocycles. The number of hydrogen-bond acceptors (Lipinski definition) is 5. The minimum absolute atomic E-state index is 0.199. The standard InChI is InChI=1S/C14H10N4O3/c19-14(10-3-5-15-13-4-6-16-18(10)13)17-9-1-2-11-12(7-9)21-8-20-11/h1-7H,8H2,(H,17,19). The number of carbonyl (C=O) groups excluding carboxylic acids is 1. The smallest absolute Gasteiger partial charge is 0.274 e. The predicted molar refractivity (Wildman–Crippen MR) is 73.5 cm³/mol. The van der Waals surface area contributed by atoms with Gasteiger partial charge in [-0.25, -0.2) is 9.50 Å². The molecule has 2 aromatic heterocycles. The Morgan fingerprint density at radius 3 is 3.00 bits per heavy atom. The lowest BCUT2D eigenvalue weighted by atomic mass is 10.2. The molecule has 21 heavy (non-hydrogen) atoms. The summed E-state index contributed by atoms with van der Waals surface area (Å²) >= 11 is 0. The second-order valence-electron chi connectivity index (χ2n) is 4.45. The van der Waals surface area contributed by atoms with E-state index >= 15 is 0 Å². The SMILES string of the molecule is O=C(Nc1ccc2c(c1)OCO2)c1ccnc2ccnn12. The lowest BCUT2D eigenvalue weighted by molar-refractivity contribution is 0.102. The van der Waals surface area contributed by atoms with Gasteiger partial charge in [0.1, 0.15) is 5.69 Å². The Bertz CT molecular complexity index is 843. The largest absolute Gasteiger partial charge is 0.454 e. The zero-order chi connectivity index (χ0) is 14.2. The van der Waals surface area contributed by atoms with Crippen LogP contribution in [0.15, 0.2) is 42.7 Å². The lowest BCUT2D eigenvalue weighted by Gasteiger charge is -2.07. The van der Waals surface area contributed by atoms with Gasteiger partial charge in [-0.1, -0.05) is 0 Å². The van der Waals surface area contributed by atoms with Crippen LogP contribution in [0.3, 0.4) is 0 Å². The van der Waals surface area contributed by atoms with E-state index in [1.807, 2.05) is 0 Å². The number of hydrogen-bond donors (Lipinski definition) is 1. The molecular weight excluding hydrogens is 272 g/mol. The summed E-state index contributed by atoms with van der Waals surface area (Å²) in [6.45, 7) is 0.199. The maximum atomic E-state index is 12.4. The average Bonchev–Trinajstić information content (AvgIpc) is 3.14. The van der Waals surface area contributed by atoms with E-state index in [2.05, 4.69) is 15.4 Å². The number of aromatic nitrogens is 3. The Balaban J connectivity index is 1.65. The number of fused-ring (bicyclic) bond motifs is 2. The van der Waals surface area contributed by atoms with E-state index in [0.29, 0.717) is 28.5 Å². The Labute approximate surface area is 119 Å². The molecule has 3 aromatic rings. The van der Waals surface area contributed by atoms with Crippen molar-refractivity contribution in [1.29, 1.82) is 0 Å². The predicted octanol–water partition coefficient (Wildman–Crippen LogP) is 1.71. The van der Waals surface area contributed by atoms with E-state index < -0.39 is 0 Å². The quantitative estimate of drug-likeness (QED) is 0.774. The molecule has 0 saturated carbocycles. The minimum atomic E-state index is -0.273. The highest BCUT2D eigenvalue weighted by Gasteiger charge is 2.16. The van der Waals surface area contributed by atoms with Crippen LogP contribution in [0, 0.1) is 0 Å². The summed E-state index contributed by atoms with van der Waals surface area (Å²) in [5, 5.41) is 6.89. The number of rotatable bonds is 2. The van der Waals surface area contributed by atoms with Gasteiger partial charge >= 0.3 is 0 Å². The molecule has 0 radical (unpaired) electrons. The first-order chi connectivity index (χ1) is 10.3. The normalized spacial score (nSPS) is 12.6. The number of nitrogens with zero attached hydrogens (tertiary/aromatic N) is 3. The Morgan fingerprint density at radius 2 is 2.05 bits per heavy atom. The van der Waals surface area contributed by atoms with Gasteiger partial charge in [-0.05, 0) is 18.2 Å². The van der Waals surface area contributed by atoms with Gasteiger partial charge in [-0.15, -0.1) is 0 Å². The highest BCUT2D eigenvalue weighted by atomic mass is 16.7. The van der Waals surface area contributed by atoms with Gasteiger partial charge in [0.05, 0.1) is 6.20 Å². The van der Waals surface area contributed by atoms with Crippen LogP contribution >= 0.6 is 0 Å². The van der Waals surface area contributed by atoms with E-state index in [0.717, 1.165) is 0 Å². The summed E-state index contributed by atoms with van der Waals surface area (Å²) in [6.07, 6.45) is 3.17. The van der Waals surface area contributed by atoms with Crippen molar-refractivity contribution in [2.24, 2.45) is 0 Å². The Hall–Kier alpha value is -3.09. The van der Waals surface area contributed by atoms with E-state index in [1.54, 1.807) is 42.7 Å². The molecule has 1 aliphatic rings. The third-order valence-electron chi connectivity index (χ3n) is 3.15. The van der Waals surface area contributed by atoms with Crippen LogP contribution in [0.5, 0.6) is 11.5 Å². The van der Waals surface area contributed by atoms with Crippen molar-refractivity contribution in [2.45, 2.75) is 0 Å². The fraction of sp³-hybridized carbons (Fsp3) is 0.0714. The van der Waals surface area contributed by atoms with Crippen LogP contribution in [0.1, 0.15) is 10.5 Å². The van der Waals surface area contributed by atoms with Gasteiger partial charge in [0, 0.05) is 24.0 Å². The van der Waals surface area contributed by atoms with Crippen LogP contribution in [0.4, 0.5) is 5.69 Å². The summed E-state index contributed by atoms with van der Waals surface area (Å²) in [4.78, 5) is 16.5. The van der Waals surface area contributed by atoms with Crippen LogP contribution in [0.2, 0.25) is 0 Å². The fourth-order valence-corrected chi connectivity index (χ4v) is 2.18. The molecule has 0 spiro atoms. The summed E-state index contributed by atoms with van der Waals surface area (Å²) in [6, 6.07) is 8.59. The Morgan fingerprint density at radius 1 is 1.14 bits per heavy atom. The maximum Gasteiger partial charge on any atom is 0.274 e. The number of anilines is 1. The van der Waals surface area contributed by atoms with Crippen molar-refractivity contribution < 1.29 is 14.3 Å². The van der Waals surface area contributed by atoms with E-state index in [-0.39, 0.29) is 12.7 Å². The van der Waals surface area contributed by atoms with Gasteiger partial charge in [0.2, 0.25) is 6.79 Å². The molecule has 1 aromatic carbocycles. The first-order valence-corrected chi connectivity index (χ1v) is 6.31. The molecule has 1 N–H and O–H groups in total. The average molecular weight is 282 g/mol. The van der Waals surface area contributed by atoms with E-state index in [1.165, 1.54) is 4.52 Å². The topological polar surface area (TPSA) is 77.8 Å². The fourth-order valence-electron chi connectivity index (χ4n) is 2.18. The van der Waals surface area contributed by atoms with Crippen molar-refractivity contribution in [2.75, 3.05) is 12.1 Å². The van der Waals surface area contributed by atoms with Crippen molar-refractivity contribution >= 4 is 17.2 Å². The molecule has 0 aliphatic carbocycles. The maximum absolute atomic E-state index is 12.4. The highest BCUT2D eigenvalue weighted by Crippen LogP contribution is 2.34. The summed E-state index contributed by atoms with van der Waals surface area (Å²) in [5.41, 5.74) is 1.65. The zero-order valence-electron chi connectivity index (χ0n) is 10.8. The molecule has 0 unspecified atom stereocenters. The Kier molecular flexibility index (Phi) is 2.50. The molecule has 7 heteroatoms. The molecule has 3 heterocycles. The number of amides is 1. The minimum Gasteiger partial charge on any atom is -0.454 e. The molecule has 1 amide bonds. The summed E-state index contributed by atoms with van der Waals surface area (Å²) in [7, 11) is 0. The van der Waals surface area contributed by atoms with Crippen molar-refractivity contribution in [1.82, 2.24) is 14.6 Å². The molecule has 4 rings (SSSR count). The molecule has 104 valence electrons. The van der Waals surface area contributed by atoms with Gasteiger partial charge in [-0.2, -0.15) is 5.10 Å². The van der Waals surface area contributed by atoms with Crippen molar-refractivity contribution in [3.8, 4) is 11.5 Å². The molecule has 0 fully saturated rings. The second-order valence-corrected chi connectivity index (χ2v) is 4.45. The monoisotopic (exact) mass is 282 g/mol. The third kappa shape index (κ3) is 1.95. The van der Waals surface area contributed by atoms with Gasteiger partial charge in [0.15, 0.2) is 17.1 Å². The zero-order valence-corrected chi connectivity index (χ0v) is 10.8. The molecular formula is C14H10N4O3. The third-order valence-corrected chi connectivity index (χ3v) is 3.15. The van der Waals surface area contributed by atoms with Crippen LogP contribution < -0.4 is 14.8 Å². The summed E-state index contributed by atoms with van der Waals surface area (Å²) in [5.74, 6) is 1.02. The van der Waals surface area contributed by atoms with Crippen molar-refractivity contribution in [3.63, 3.8) is 0 Å². The van der Waals surface area contributed by atoms with Crippen LogP contribution in [0.25, 0.3) is 5.65 Å². The van der Waals surface area contributed by atoms with E-state index in [9.17, 15) is 4.79 Å². The van der Waals surface area contributed by atoms with Gasteiger partial charge in [0.25, 0.3) is 5.91 Å². The van der Waals surface area contributed by atoms with Crippen molar-refractivity contribution in [3.05, 3.63) is 48.4 Å². The first kappa shape index (κ1) is 11.7. The molecule has 7 nitrogen and oxygen atoms in total. The van der Waals surface area contributed by atoms with Crippen LogP contribution in [-0.4, -0.2) is 27.3 Å². The number of nitrogens with one attached hydrogen (secondary N) is 1. The second kappa shape index (κ2) is 4.48. The van der Waals surface area contributed by atoms with Gasteiger partial charge in [-0.3, -0.25) is 4.79 Å². The number of carbonyl (C=O) groups is 1.